The second-order valence-electron chi connectivity index (χ2n) is 9.69. The fraction of sp³-hybridized carbons (Fsp3) is 0.963. The summed E-state index contributed by atoms with van der Waals surface area (Å²) < 4.78 is 32.8. The molecule has 0 heterocycles. The number of ketones is 1. The maximum Gasteiger partial charge on any atom is 0.268 e. The zero-order chi connectivity index (χ0) is 26.7. The molecule has 0 saturated carbocycles. The van der Waals surface area contributed by atoms with Gasteiger partial charge in [0.1, 0.15) is 11.9 Å². The van der Waals surface area contributed by atoms with E-state index >= 15 is 0 Å². The van der Waals surface area contributed by atoms with Crippen LogP contribution in [0, 0.1) is 0 Å². The molecule has 0 aromatic rings. The second kappa shape index (κ2) is 26.3. The van der Waals surface area contributed by atoms with Crippen LogP contribution in [-0.2, 0) is 27.9 Å². The van der Waals surface area contributed by atoms with Crippen molar-refractivity contribution in [2.75, 3.05) is 39.6 Å². The molecule has 0 spiro atoms. The van der Waals surface area contributed by atoms with Crippen LogP contribution in [0.5, 0.6) is 0 Å². The van der Waals surface area contributed by atoms with Crippen molar-refractivity contribution in [1.29, 1.82) is 0 Å². The van der Waals surface area contributed by atoms with Crippen molar-refractivity contribution < 1.29 is 32.8 Å². The molecule has 1 unspecified atom stereocenters. The predicted octanol–water partition coefficient (Wildman–Crippen LogP) is 6.09. The first kappa shape index (κ1) is 35.7. The van der Waals surface area contributed by atoms with Gasteiger partial charge in [-0.25, -0.2) is 0 Å². The van der Waals surface area contributed by atoms with E-state index in [1.165, 1.54) is 77.0 Å². The van der Waals surface area contributed by atoms with Crippen LogP contribution in [-0.4, -0.2) is 51.5 Å². The lowest BCUT2D eigenvalue weighted by atomic mass is 10.0. The third-order valence-corrected chi connectivity index (χ3v) is 6.97. The Morgan fingerprint density at radius 3 is 1.81 bits per heavy atom. The summed E-state index contributed by atoms with van der Waals surface area (Å²) in [5, 5.41) is 0. The molecule has 2 N–H and O–H groups in total. The fourth-order valence-corrected chi connectivity index (χ4v) is 4.61. The lowest BCUT2D eigenvalue weighted by molar-refractivity contribution is -0.228. The predicted molar refractivity (Wildman–Crippen MR) is 144 cm³/mol. The maximum atomic E-state index is 11.8. The van der Waals surface area contributed by atoms with Gasteiger partial charge in [0.2, 0.25) is 0 Å². The van der Waals surface area contributed by atoms with Crippen LogP contribution < -0.4 is 10.6 Å². The number of nitrogens with two attached hydrogens (primary N) is 1. The van der Waals surface area contributed by atoms with E-state index in [0.29, 0.717) is 26.1 Å². The van der Waals surface area contributed by atoms with Gasteiger partial charge in [-0.05, 0) is 26.2 Å². The van der Waals surface area contributed by atoms with Gasteiger partial charge in [0, 0.05) is 26.2 Å². The van der Waals surface area contributed by atoms with E-state index in [4.69, 9.17) is 19.7 Å². The van der Waals surface area contributed by atoms with Crippen molar-refractivity contribution in [3.05, 3.63) is 0 Å². The Labute approximate surface area is 221 Å². The van der Waals surface area contributed by atoms with Gasteiger partial charge < -0.3 is 33.9 Å². The summed E-state index contributed by atoms with van der Waals surface area (Å²) in [6.07, 6.45) is 19.8. The van der Waals surface area contributed by atoms with Gasteiger partial charge in [-0.1, -0.05) is 90.4 Å². The van der Waals surface area contributed by atoms with Crippen molar-refractivity contribution in [1.82, 2.24) is 0 Å². The fourth-order valence-electron chi connectivity index (χ4n) is 3.86. The summed E-state index contributed by atoms with van der Waals surface area (Å²) in [6, 6.07) is 0. The molecule has 0 aromatic heterocycles. The van der Waals surface area contributed by atoms with E-state index in [2.05, 4.69) is 11.4 Å². The largest absolute Gasteiger partial charge is 0.756 e. The van der Waals surface area contributed by atoms with Gasteiger partial charge in [-0.2, -0.15) is 0 Å². The topological polar surface area (TPSA) is 120 Å². The Balaban J connectivity index is 3.85. The van der Waals surface area contributed by atoms with Crippen LogP contribution >= 0.6 is 7.82 Å². The number of carbonyl (C=O) groups excluding carboxylic acids is 1. The average Bonchev–Trinajstić information content (AvgIpc) is 2.84. The average molecular weight is 537 g/mol. The first-order valence-corrected chi connectivity index (χ1v) is 15.9. The summed E-state index contributed by atoms with van der Waals surface area (Å²) in [6.45, 7) is 4.91. The number of unbranched alkanes of at least 4 members (excludes halogenated alkanes) is 14. The zero-order valence-corrected chi connectivity index (χ0v) is 24.1. The number of Topliss-reactive ketones (excluding diaryl/α,β-unsaturated/α-hetero) is 1. The summed E-state index contributed by atoms with van der Waals surface area (Å²) in [4.78, 5) is 22.8. The Hall–Kier alpha value is -0.340. The molecule has 2 atom stereocenters. The molecule has 216 valence electrons. The highest BCUT2D eigenvalue weighted by Crippen LogP contribution is 2.38. The van der Waals surface area contributed by atoms with Crippen molar-refractivity contribution in [2.24, 2.45) is 5.73 Å². The molecule has 0 amide bonds. The molecule has 0 rings (SSSR count). The van der Waals surface area contributed by atoms with Crippen LogP contribution in [0.1, 0.15) is 123 Å². The number of hydrogen-bond acceptors (Lipinski definition) is 8. The van der Waals surface area contributed by atoms with Crippen molar-refractivity contribution in [3.8, 4) is 0 Å². The number of carbonyl (C=O) groups is 1. The number of rotatable bonds is 29. The summed E-state index contributed by atoms with van der Waals surface area (Å²) in [5.41, 5.74) is 5.27. The lowest BCUT2D eigenvalue weighted by Gasteiger charge is -2.25. The van der Waals surface area contributed by atoms with E-state index in [0.717, 1.165) is 19.3 Å². The minimum atomic E-state index is -4.41. The van der Waals surface area contributed by atoms with Crippen molar-refractivity contribution in [3.63, 3.8) is 0 Å². The highest BCUT2D eigenvalue weighted by Gasteiger charge is 2.16. The van der Waals surface area contributed by atoms with Gasteiger partial charge in [0.05, 0.1) is 19.8 Å². The number of phosphoric acid groups is 1. The third-order valence-electron chi connectivity index (χ3n) is 6.01. The molecular weight excluding hydrogens is 481 g/mol. The monoisotopic (exact) mass is 536 g/mol. The highest BCUT2D eigenvalue weighted by molar-refractivity contribution is 7.45. The molecule has 0 aliphatic carbocycles. The molecule has 0 aliphatic heterocycles. The van der Waals surface area contributed by atoms with Crippen molar-refractivity contribution >= 4 is 13.6 Å². The van der Waals surface area contributed by atoms with Gasteiger partial charge in [0.25, 0.3) is 7.82 Å². The number of hydrogen-bond donors (Lipinski definition) is 1. The van der Waals surface area contributed by atoms with Gasteiger partial charge in [-0.3, -0.25) is 4.57 Å². The van der Waals surface area contributed by atoms with Gasteiger partial charge in [-0.15, -0.1) is 0 Å². The van der Waals surface area contributed by atoms with Crippen LogP contribution in [0.4, 0.5) is 0 Å². The van der Waals surface area contributed by atoms with Crippen LogP contribution in [0.25, 0.3) is 0 Å². The molecule has 0 fully saturated rings. The molecule has 8 nitrogen and oxygen atoms in total. The van der Waals surface area contributed by atoms with E-state index in [1.807, 2.05) is 0 Å². The Morgan fingerprint density at radius 1 is 0.750 bits per heavy atom. The van der Waals surface area contributed by atoms with Gasteiger partial charge in [0.15, 0.2) is 0 Å². The molecule has 0 aromatic carbocycles. The first-order chi connectivity index (χ1) is 17.4. The minimum absolute atomic E-state index is 0.0912. The Bertz CT molecular complexity index is 536. The van der Waals surface area contributed by atoms with Crippen LogP contribution in [0.15, 0.2) is 0 Å². The zero-order valence-electron chi connectivity index (χ0n) is 23.2. The lowest BCUT2D eigenvalue weighted by Crippen LogP contribution is -2.27. The van der Waals surface area contributed by atoms with Crippen LogP contribution in [0.2, 0.25) is 0 Å². The molecule has 0 bridgehead atoms. The third kappa shape index (κ3) is 26.7. The standard InChI is InChI=1S/C27H56NO7P/c1-3-4-5-6-7-8-9-10-11-12-13-14-15-17-21-32-24-27(33-22-18-16-19-26(2)29)25-35-36(30,31)34-23-20-28/h27H,3-25,28H2,1-2H3,(H,30,31)/p-1/t27-/m1/s1. The quantitative estimate of drug-likeness (QED) is 0.0901. The molecule has 0 saturated heterocycles. The van der Waals surface area contributed by atoms with E-state index in [1.54, 1.807) is 6.92 Å². The Morgan fingerprint density at radius 2 is 1.28 bits per heavy atom. The van der Waals surface area contributed by atoms with E-state index < -0.39 is 13.9 Å². The summed E-state index contributed by atoms with van der Waals surface area (Å²) in [5.74, 6) is 0.149. The SMILES string of the molecule is CCCCCCCCCCCCCCCCOC[C@H](COP(=O)([O-])OCCN)OCCCCC(C)=O. The normalized spacial score (nSPS) is 14.1. The molecular formula is C27H55NO7P-. The number of ether oxygens (including phenoxy) is 2. The maximum absolute atomic E-state index is 11.8. The smallest absolute Gasteiger partial charge is 0.268 e. The molecule has 0 aliphatic rings. The summed E-state index contributed by atoms with van der Waals surface area (Å²) in [7, 11) is -4.41. The molecule has 0 radical (unpaired) electrons. The highest BCUT2D eigenvalue weighted by atomic mass is 31.2. The van der Waals surface area contributed by atoms with E-state index in [9.17, 15) is 14.3 Å². The first-order valence-electron chi connectivity index (χ1n) is 14.4. The van der Waals surface area contributed by atoms with E-state index in [-0.39, 0.29) is 32.1 Å². The molecule has 9 heteroatoms. The Kier molecular flexibility index (Phi) is 26.0. The minimum Gasteiger partial charge on any atom is -0.756 e. The van der Waals surface area contributed by atoms with Crippen molar-refractivity contribution in [2.45, 2.75) is 129 Å². The van der Waals surface area contributed by atoms with Crippen LogP contribution in [0.3, 0.4) is 0 Å². The van der Waals surface area contributed by atoms with Gasteiger partial charge >= 0.3 is 0 Å². The molecule has 36 heavy (non-hydrogen) atoms. The number of phosphoric ester groups is 1. The summed E-state index contributed by atoms with van der Waals surface area (Å²) >= 11 is 0. The second-order valence-corrected chi connectivity index (χ2v) is 11.1.